The van der Waals surface area contributed by atoms with Gasteiger partial charge in [0, 0.05) is 13.2 Å². The lowest BCUT2D eigenvalue weighted by Gasteiger charge is -2.22. The molecule has 3 heteroatoms. The Morgan fingerprint density at radius 3 is 2.21 bits per heavy atom. The van der Waals surface area contributed by atoms with Crippen molar-refractivity contribution in [3.05, 3.63) is 0 Å². The summed E-state index contributed by atoms with van der Waals surface area (Å²) in [6.45, 7) is 5.01. The van der Waals surface area contributed by atoms with E-state index in [9.17, 15) is 5.11 Å². The average Bonchev–Trinajstić information content (AvgIpc) is 2.97. The Bertz CT molecular complexity index is 139. The largest absolute Gasteiger partial charge is 0.388 e. The molecule has 1 saturated carbocycles. The van der Waals surface area contributed by atoms with E-state index in [0.717, 1.165) is 18.8 Å². The highest BCUT2D eigenvalue weighted by atomic mass is 16.7. The highest BCUT2D eigenvalue weighted by Crippen LogP contribution is 2.34. The molecule has 1 rings (SSSR count). The van der Waals surface area contributed by atoms with Crippen molar-refractivity contribution >= 4 is 0 Å². The number of rotatable bonds is 8. The van der Waals surface area contributed by atoms with Gasteiger partial charge in [0.1, 0.15) is 6.10 Å². The summed E-state index contributed by atoms with van der Waals surface area (Å²) in [4.78, 5) is 0. The topological polar surface area (TPSA) is 38.7 Å². The van der Waals surface area contributed by atoms with E-state index in [2.05, 4.69) is 0 Å². The van der Waals surface area contributed by atoms with Gasteiger partial charge < -0.3 is 14.6 Å². The highest BCUT2D eigenvalue weighted by molar-refractivity contribution is 4.75. The first-order chi connectivity index (χ1) is 6.77. The van der Waals surface area contributed by atoms with E-state index in [4.69, 9.17) is 9.47 Å². The van der Waals surface area contributed by atoms with Gasteiger partial charge in [-0.1, -0.05) is 12.8 Å². The lowest BCUT2D eigenvalue weighted by atomic mass is 10.1. The Morgan fingerprint density at radius 2 is 1.79 bits per heavy atom. The number of hydrogen-bond acceptors (Lipinski definition) is 3. The molecule has 0 amide bonds. The predicted octanol–water partition coefficient (Wildman–Crippen LogP) is 1.94. The molecule has 1 aliphatic carbocycles. The molecule has 0 bridgehead atoms. The van der Waals surface area contributed by atoms with E-state index < -0.39 is 12.4 Å². The van der Waals surface area contributed by atoms with Gasteiger partial charge >= 0.3 is 0 Å². The fourth-order valence-electron chi connectivity index (χ4n) is 1.55. The normalized spacial score (nSPS) is 18.9. The molecule has 0 spiro atoms. The van der Waals surface area contributed by atoms with E-state index in [-0.39, 0.29) is 0 Å². The molecule has 1 atom stereocenters. The standard InChI is InChI=1S/C11H22O3/c1-3-13-11(14-4-2)10(12)8-7-9-5-6-9/h9-12H,3-8H2,1-2H3. The molecule has 0 saturated heterocycles. The zero-order valence-corrected chi connectivity index (χ0v) is 9.24. The molecule has 84 valence electrons. The summed E-state index contributed by atoms with van der Waals surface area (Å²) in [5.41, 5.74) is 0. The number of hydrogen-bond donors (Lipinski definition) is 1. The van der Waals surface area contributed by atoms with Gasteiger partial charge in [0.15, 0.2) is 6.29 Å². The fraction of sp³-hybridized carbons (Fsp3) is 1.00. The van der Waals surface area contributed by atoms with Crippen LogP contribution in [0.1, 0.15) is 39.5 Å². The van der Waals surface area contributed by atoms with Crippen LogP contribution in [-0.2, 0) is 9.47 Å². The maximum atomic E-state index is 9.80. The van der Waals surface area contributed by atoms with E-state index in [1.807, 2.05) is 13.8 Å². The van der Waals surface area contributed by atoms with Crippen LogP contribution in [0.25, 0.3) is 0 Å². The molecule has 0 aromatic carbocycles. The van der Waals surface area contributed by atoms with Gasteiger partial charge in [-0.2, -0.15) is 0 Å². The van der Waals surface area contributed by atoms with Gasteiger partial charge in [0.25, 0.3) is 0 Å². The first-order valence-electron chi connectivity index (χ1n) is 5.69. The average molecular weight is 202 g/mol. The van der Waals surface area contributed by atoms with Gasteiger partial charge in [-0.05, 0) is 32.6 Å². The molecular formula is C11H22O3. The second kappa shape index (κ2) is 6.38. The third kappa shape index (κ3) is 4.40. The Hall–Kier alpha value is -0.120. The highest BCUT2D eigenvalue weighted by Gasteiger charge is 2.25. The summed E-state index contributed by atoms with van der Waals surface area (Å²) < 4.78 is 10.6. The maximum Gasteiger partial charge on any atom is 0.183 e. The Labute approximate surface area is 86.4 Å². The predicted molar refractivity (Wildman–Crippen MR) is 55.0 cm³/mol. The summed E-state index contributed by atoms with van der Waals surface area (Å²) in [6.07, 6.45) is 3.69. The summed E-state index contributed by atoms with van der Waals surface area (Å²) in [7, 11) is 0. The van der Waals surface area contributed by atoms with Crippen LogP contribution < -0.4 is 0 Å². The zero-order chi connectivity index (χ0) is 10.4. The van der Waals surface area contributed by atoms with Crippen molar-refractivity contribution in [2.24, 2.45) is 5.92 Å². The SMILES string of the molecule is CCOC(OCC)C(O)CCC1CC1. The molecule has 0 aromatic heterocycles. The molecular weight excluding hydrogens is 180 g/mol. The van der Waals surface area contributed by atoms with Crippen LogP contribution >= 0.6 is 0 Å². The third-order valence-electron chi connectivity index (χ3n) is 2.54. The van der Waals surface area contributed by atoms with Crippen LogP contribution in [-0.4, -0.2) is 30.7 Å². The Kier molecular flexibility index (Phi) is 5.45. The van der Waals surface area contributed by atoms with Gasteiger partial charge in [-0.15, -0.1) is 0 Å². The van der Waals surface area contributed by atoms with Crippen molar-refractivity contribution in [3.8, 4) is 0 Å². The van der Waals surface area contributed by atoms with Crippen LogP contribution in [0.15, 0.2) is 0 Å². The van der Waals surface area contributed by atoms with Crippen LogP contribution in [0.5, 0.6) is 0 Å². The van der Waals surface area contributed by atoms with Crippen molar-refractivity contribution in [2.75, 3.05) is 13.2 Å². The summed E-state index contributed by atoms with van der Waals surface area (Å²) in [6, 6.07) is 0. The smallest absolute Gasteiger partial charge is 0.183 e. The molecule has 1 fully saturated rings. The molecule has 1 aliphatic rings. The van der Waals surface area contributed by atoms with E-state index in [1.54, 1.807) is 0 Å². The summed E-state index contributed by atoms with van der Waals surface area (Å²) in [5, 5.41) is 9.80. The van der Waals surface area contributed by atoms with Crippen LogP contribution in [0.4, 0.5) is 0 Å². The molecule has 1 N–H and O–H groups in total. The number of ether oxygens (including phenoxy) is 2. The second-order valence-electron chi connectivity index (χ2n) is 3.87. The maximum absolute atomic E-state index is 9.80. The molecule has 1 unspecified atom stereocenters. The Morgan fingerprint density at radius 1 is 1.21 bits per heavy atom. The van der Waals surface area contributed by atoms with Crippen LogP contribution in [0, 0.1) is 5.92 Å². The van der Waals surface area contributed by atoms with Crippen LogP contribution in [0.3, 0.4) is 0 Å². The monoisotopic (exact) mass is 202 g/mol. The molecule has 0 aliphatic heterocycles. The lowest BCUT2D eigenvalue weighted by molar-refractivity contribution is -0.191. The Balaban J connectivity index is 2.16. The fourth-order valence-corrected chi connectivity index (χ4v) is 1.55. The lowest BCUT2D eigenvalue weighted by Crippen LogP contribution is -2.32. The first-order valence-corrected chi connectivity index (χ1v) is 5.69. The van der Waals surface area contributed by atoms with Crippen molar-refractivity contribution in [3.63, 3.8) is 0 Å². The molecule has 0 radical (unpaired) electrons. The van der Waals surface area contributed by atoms with Crippen molar-refractivity contribution in [1.29, 1.82) is 0 Å². The van der Waals surface area contributed by atoms with Gasteiger partial charge in [-0.3, -0.25) is 0 Å². The minimum absolute atomic E-state index is 0.427. The molecule has 0 heterocycles. The zero-order valence-electron chi connectivity index (χ0n) is 9.24. The number of aliphatic hydroxyl groups excluding tert-OH is 1. The summed E-state index contributed by atoms with van der Waals surface area (Å²) in [5.74, 6) is 0.855. The number of aliphatic hydroxyl groups is 1. The quantitative estimate of drug-likeness (QED) is 0.611. The molecule has 14 heavy (non-hydrogen) atoms. The minimum atomic E-state index is -0.463. The second-order valence-corrected chi connectivity index (χ2v) is 3.87. The van der Waals surface area contributed by atoms with Crippen molar-refractivity contribution < 1.29 is 14.6 Å². The van der Waals surface area contributed by atoms with Crippen molar-refractivity contribution in [1.82, 2.24) is 0 Å². The minimum Gasteiger partial charge on any atom is -0.388 e. The van der Waals surface area contributed by atoms with Gasteiger partial charge in [0.2, 0.25) is 0 Å². The third-order valence-corrected chi connectivity index (χ3v) is 2.54. The summed E-state index contributed by atoms with van der Waals surface area (Å²) >= 11 is 0. The van der Waals surface area contributed by atoms with E-state index in [1.165, 1.54) is 12.8 Å². The van der Waals surface area contributed by atoms with Crippen LogP contribution in [0.2, 0.25) is 0 Å². The van der Waals surface area contributed by atoms with Crippen molar-refractivity contribution in [2.45, 2.75) is 51.9 Å². The van der Waals surface area contributed by atoms with Gasteiger partial charge in [-0.25, -0.2) is 0 Å². The van der Waals surface area contributed by atoms with Gasteiger partial charge in [0.05, 0.1) is 0 Å². The van der Waals surface area contributed by atoms with E-state index >= 15 is 0 Å². The first kappa shape index (κ1) is 12.0. The van der Waals surface area contributed by atoms with E-state index in [0.29, 0.717) is 13.2 Å². The molecule has 3 nitrogen and oxygen atoms in total. The molecule has 0 aromatic rings.